The van der Waals surface area contributed by atoms with Crippen molar-refractivity contribution in [2.45, 2.75) is 161 Å². The van der Waals surface area contributed by atoms with E-state index in [1.165, 1.54) is 32.2 Å². The molecular weight excluding hydrogens is 866 g/mol. The molecule has 4 unspecified atom stereocenters. The summed E-state index contributed by atoms with van der Waals surface area (Å²) in [6.07, 6.45) is 1.92. The molecule has 4 heterocycles. The Bertz CT molecular complexity index is 2110. The molecule has 67 heavy (non-hydrogen) atoms. The molecule has 2 saturated heterocycles. The van der Waals surface area contributed by atoms with Crippen LogP contribution in [0.25, 0.3) is 11.4 Å². The molecule has 3 aromatic rings. The van der Waals surface area contributed by atoms with Gasteiger partial charge in [-0.3, -0.25) is 14.4 Å². The van der Waals surface area contributed by atoms with Crippen LogP contribution in [0.15, 0.2) is 49.1 Å². The number of unbranched alkanes of at least 4 members (excludes halogenated alkanes) is 1. The van der Waals surface area contributed by atoms with E-state index >= 15 is 4.79 Å². The third kappa shape index (κ3) is 12.9. The van der Waals surface area contributed by atoms with Gasteiger partial charge in [-0.1, -0.05) is 33.8 Å². The average molecular weight is 940 g/mol. The topological polar surface area (TPSA) is 212 Å². The van der Waals surface area contributed by atoms with Crippen molar-refractivity contribution in [3.63, 3.8) is 0 Å². The van der Waals surface area contributed by atoms with E-state index in [1.807, 2.05) is 64.4 Å². The van der Waals surface area contributed by atoms with Crippen LogP contribution in [0.5, 0.6) is 5.75 Å². The maximum Gasteiger partial charge on any atom is 0.312 e. The van der Waals surface area contributed by atoms with E-state index in [0.717, 1.165) is 6.42 Å². The molecule has 0 saturated carbocycles. The van der Waals surface area contributed by atoms with Crippen LogP contribution >= 0.6 is 0 Å². The summed E-state index contributed by atoms with van der Waals surface area (Å²) in [5.74, 6) is -4.90. The minimum absolute atomic E-state index is 0.130. The standard InChI is InChI=1S/C49H74FN7O10/c1-13-39-49(9,67-33(7)58)43(52-20-14-15-22-57-26-37(54-27-57)36-19-21-53-47(51)55-36)30(4)40(59)28(2)25-48(8,62-12)44(66-46-41(60)38(56(10)11)23-29(3)63-46)31(5)42(32(6)45(61)65-39)64-35-18-16-17-34(50)24-35/h16-19,21,24,26-32,38-39,41-44,46,52,60H,13-15,20,22-23,25H2,1-12H3,(H2,51,53,55)/t28-,29-,30+,31+,32-,38+,39-,41-,42?,43?,44?,46?,48-,49-/m1/s1. The van der Waals surface area contributed by atoms with E-state index in [1.54, 1.807) is 45.4 Å². The van der Waals surface area contributed by atoms with Crippen molar-refractivity contribution in [2.24, 2.45) is 23.7 Å². The molecule has 1 aromatic carbocycles. The highest BCUT2D eigenvalue weighted by atomic mass is 19.1. The number of methoxy groups -OCH3 is 1. The molecule has 4 N–H and O–H groups in total. The maximum absolute atomic E-state index is 15.0. The quantitative estimate of drug-likeness (QED) is 0.125. The van der Waals surface area contributed by atoms with E-state index < -0.39 is 89.4 Å². The van der Waals surface area contributed by atoms with Gasteiger partial charge in [-0.25, -0.2) is 19.3 Å². The van der Waals surface area contributed by atoms with Gasteiger partial charge in [-0.15, -0.1) is 0 Å². The zero-order valence-corrected chi connectivity index (χ0v) is 41.3. The first-order valence-electron chi connectivity index (χ1n) is 23.5. The number of anilines is 1. The van der Waals surface area contributed by atoms with Gasteiger partial charge in [-0.2, -0.15) is 0 Å². The number of ether oxygens (including phenoxy) is 6. The molecule has 372 valence electrons. The Kier molecular flexibility index (Phi) is 18.4. The Hall–Kier alpha value is -4.59. The zero-order valence-electron chi connectivity index (χ0n) is 41.3. The van der Waals surface area contributed by atoms with Crippen LogP contribution in [0.3, 0.4) is 0 Å². The highest BCUT2D eigenvalue weighted by Crippen LogP contribution is 2.41. The van der Waals surface area contributed by atoms with Crippen molar-refractivity contribution in [3.05, 3.63) is 54.9 Å². The molecule has 18 heteroatoms. The van der Waals surface area contributed by atoms with Gasteiger partial charge in [0.15, 0.2) is 11.9 Å². The first kappa shape index (κ1) is 53.4. The molecule has 2 aromatic heterocycles. The molecule has 2 fully saturated rings. The van der Waals surface area contributed by atoms with Crippen LogP contribution in [0.4, 0.5) is 10.3 Å². The Morgan fingerprint density at radius 1 is 1.07 bits per heavy atom. The molecule has 0 bridgehead atoms. The Morgan fingerprint density at radius 3 is 2.45 bits per heavy atom. The number of carbonyl (C=O) groups is 3. The molecular formula is C49H74FN7O10. The summed E-state index contributed by atoms with van der Waals surface area (Å²) in [7, 11) is 5.29. The number of ketones is 1. The first-order valence-corrected chi connectivity index (χ1v) is 23.5. The second-order valence-corrected chi connectivity index (χ2v) is 19.2. The Balaban J connectivity index is 1.53. The maximum atomic E-state index is 15.0. The number of halogens is 1. The Morgan fingerprint density at radius 2 is 1.81 bits per heavy atom. The molecule has 5 rings (SSSR count). The molecule has 2 aliphatic heterocycles. The third-order valence-electron chi connectivity index (χ3n) is 13.7. The normalized spacial score (nSPS) is 33.5. The van der Waals surface area contributed by atoms with Crippen LogP contribution in [-0.2, 0) is 44.6 Å². The summed E-state index contributed by atoms with van der Waals surface area (Å²) in [4.78, 5) is 57.5. The summed E-state index contributed by atoms with van der Waals surface area (Å²) in [6, 6.07) is 6.23. The predicted molar refractivity (Wildman–Crippen MR) is 249 cm³/mol. The first-order chi connectivity index (χ1) is 31.6. The lowest BCUT2D eigenvalue weighted by Gasteiger charge is -2.49. The monoisotopic (exact) mass is 940 g/mol. The molecule has 0 aliphatic carbocycles. The average Bonchev–Trinajstić information content (AvgIpc) is 3.76. The number of carbonyl (C=O) groups excluding carboxylic acids is 3. The number of rotatable bonds is 15. The molecule has 0 spiro atoms. The molecule has 17 nitrogen and oxygen atoms in total. The fraction of sp³-hybridized carbons (Fsp3) is 0.673. The number of hydrogen-bond acceptors (Lipinski definition) is 16. The summed E-state index contributed by atoms with van der Waals surface area (Å²) >= 11 is 0. The fourth-order valence-corrected chi connectivity index (χ4v) is 10.1. The number of imidazole rings is 1. The van der Waals surface area contributed by atoms with E-state index in [-0.39, 0.29) is 42.5 Å². The number of likely N-dealkylation sites (N-methyl/N-ethyl adjacent to an activating group) is 1. The number of nitrogen functional groups attached to an aromatic ring is 1. The second kappa shape index (κ2) is 23.1. The second-order valence-electron chi connectivity index (χ2n) is 19.2. The summed E-state index contributed by atoms with van der Waals surface area (Å²) in [6.45, 7) is 16.7. The molecule has 14 atom stereocenters. The Labute approximate surface area is 395 Å². The van der Waals surface area contributed by atoms with Gasteiger partial charge in [0.05, 0.1) is 41.8 Å². The number of nitrogens with one attached hydrogen (secondary N) is 1. The van der Waals surface area contributed by atoms with E-state index in [4.69, 9.17) is 34.2 Å². The third-order valence-corrected chi connectivity index (χ3v) is 13.7. The minimum Gasteiger partial charge on any atom is -0.489 e. The van der Waals surface area contributed by atoms with Crippen molar-refractivity contribution >= 4 is 23.7 Å². The number of nitrogens with zero attached hydrogens (tertiary/aromatic N) is 5. The van der Waals surface area contributed by atoms with Crippen LogP contribution < -0.4 is 15.8 Å². The lowest BCUT2D eigenvalue weighted by atomic mass is 9.73. The number of cyclic esters (lactones) is 1. The zero-order chi connectivity index (χ0) is 49.4. The summed E-state index contributed by atoms with van der Waals surface area (Å²) < 4.78 is 55.5. The smallest absolute Gasteiger partial charge is 0.312 e. The number of aromatic nitrogens is 4. The molecule has 2 aliphatic rings. The van der Waals surface area contributed by atoms with Crippen molar-refractivity contribution in [1.29, 1.82) is 0 Å². The number of aliphatic hydroxyl groups is 1. The van der Waals surface area contributed by atoms with Crippen LogP contribution in [-0.4, -0.2) is 135 Å². The molecule has 0 radical (unpaired) electrons. The van der Waals surface area contributed by atoms with Crippen LogP contribution in [0, 0.1) is 29.5 Å². The van der Waals surface area contributed by atoms with Crippen molar-refractivity contribution in [2.75, 3.05) is 33.5 Å². The number of esters is 2. The SMILES string of the molecule is CC[C@H]1OC(=O)[C@H](C)C(Oc2cccc(F)c2)[C@H](C)C(OC2O[C@H](C)C[C@H](N(C)C)[C@H]2O)[C@](C)(OC)C[C@@H](C)C(=O)[C@H](C)C(NCCCCn2cnc(-c3ccnc(N)n3)c2)[C@]1(C)OC(C)=O. The number of aliphatic hydroxyl groups excluding tert-OH is 1. The van der Waals surface area contributed by atoms with Crippen LogP contribution in [0.2, 0.25) is 0 Å². The van der Waals surface area contributed by atoms with Crippen molar-refractivity contribution in [3.8, 4) is 17.1 Å². The van der Waals surface area contributed by atoms with E-state index in [2.05, 4.69) is 20.3 Å². The van der Waals surface area contributed by atoms with E-state index in [9.17, 15) is 19.1 Å². The van der Waals surface area contributed by atoms with Gasteiger partial charge in [0.1, 0.15) is 41.4 Å². The number of Topliss-reactive ketones (excluding diaryl/α,β-unsaturated/α-hetero) is 1. The van der Waals surface area contributed by atoms with Gasteiger partial charge >= 0.3 is 11.9 Å². The van der Waals surface area contributed by atoms with Crippen molar-refractivity contribution in [1.82, 2.24) is 29.7 Å². The van der Waals surface area contributed by atoms with Crippen molar-refractivity contribution < 1.29 is 52.3 Å². The van der Waals surface area contributed by atoms with Gasteiger partial charge in [0.25, 0.3) is 0 Å². The fourth-order valence-electron chi connectivity index (χ4n) is 10.1. The lowest BCUT2D eigenvalue weighted by molar-refractivity contribution is -0.300. The number of aryl methyl sites for hydroxylation is 1. The largest absolute Gasteiger partial charge is 0.489 e. The van der Waals surface area contributed by atoms with E-state index in [0.29, 0.717) is 37.3 Å². The number of nitrogens with two attached hydrogens (primary N) is 1. The lowest BCUT2D eigenvalue weighted by Crippen LogP contribution is -2.64. The van der Waals surface area contributed by atoms with Gasteiger partial charge in [-0.05, 0) is 98.6 Å². The predicted octanol–water partition coefficient (Wildman–Crippen LogP) is 5.62. The highest BCUT2D eigenvalue weighted by Gasteiger charge is 2.54. The van der Waals surface area contributed by atoms with Gasteiger partial charge < -0.3 is 54.0 Å². The summed E-state index contributed by atoms with van der Waals surface area (Å²) in [5, 5.41) is 15.3. The van der Waals surface area contributed by atoms with Gasteiger partial charge in [0.2, 0.25) is 5.95 Å². The van der Waals surface area contributed by atoms with Gasteiger partial charge in [0, 0.05) is 62.8 Å². The number of hydrogen-bond donors (Lipinski definition) is 3. The number of benzene rings is 1. The minimum atomic E-state index is -1.54. The molecule has 0 amide bonds. The van der Waals surface area contributed by atoms with Crippen LogP contribution in [0.1, 0.15) is 94.4 Å². The highest BCUT2D eigenvalue weighted by molar-refractivity contribution is 5.84. The summed E-state index contributed by atoms with van der Waals surface area (Å²) in [5.41, 5.74) is 4.25.